The van der Waals surface area contributed by atoms with Crippen molar-refractivity contribution in [1.29, 1.82) is 0 Å². The van der Waals surface area contributed by atoms with Crippen molar-refractivity contribution < 1.29 is 103 Å². The van der Waals surface area contributed by atoms with Crippen molar-refractivity contribution in [2.24, 2.45) is 23.7 Å². The molecule has 3 aromatic carbocycles. The summed E-state index contributed by atoms with van der Waals surface area (Å²) in [6.07, 6.45) is 7.50. The Morgan fingerprint density at radius 3 is 1.23 bits per heavy atom. The number of alkyl halides is 6. The summed E-state index contributed by atoms with van der Waals surface area (Å²) in [5.74, 6) is -0.0373. The van der Waals surface area contributed by atoms with E-state index in [1.54, 1.807) is 6.08 Å². The number of carbonyl (C=O) groups excluding carboxylic acids is 3. The van der Waals surface area contributed by atoms with E-state index in [1.165, 1.54) is 52.4 Å². The van der Waals surface area contributed by atoms with E-state index in [0.29, 0.717) is 12.8 Å². The SMILES string of the molecule is C1CCOC1.C1CCOC1.COC(=O)C1CCC(C=CCC(F)(F)F)CC1.COC(=O)C1CCC(C=O)CC1.FC(F)(F)CC[P+](c1ccccc1)(c1ccccc1)c1ccccc1.[CH2-]CCC.[I-].[Li+]. The van der Waals surface area contributed by atoms with Crippen LogP contribution in [-0.2, 0) is 33.3 Å². The van der Waals surface area contributed by atoms with Crippen molar-refractivity contribution in [2.75, 3.05) is 46.8 Å². The molecule has 0 spiro atoms. The molecule has 7 rings (SSSR count). The second-order valence-electron chi connectivity index (χ2n) is 17.1. The van der Waals surface area contributed by atoms with Crippen LogP contribution in [0.2, 0.25) is 0 Å². The number of hydrogen-bond donors (Lipinski definition) is 0. The fraction of sp³-hybridized carbons (Fsp3) is 0.556. The Morgan fingerprint density at radius 1 is 0.629 bits per heavy atom. The van der Waals surface area contributed by atoms with Gasteiger partial charge in [-0.05, 0) is 119 Å². The van der Waals surface area contributed by atoms with E-state index in [2.05, 4.69) is 23.3 Å². The van der Waals surface area contributed by atoms with Gasteiger partial charge in [0.25, 0.3) is 0 Å². The quantitative estimate of drug-likeness (QED) is 0.0306. The van der Waals surface area contributed by atoms with E-state index in [0.717, 1.165) is 93.6 Å². The Morgan fingerprint density at radius 2 is 0.971 bits per heavy atom. The van der Waals surface area contributed by atoms with Crippen LogP contribution in [0.3, 0.4) is 0 Å². The molecule has 0 bridgehead atoms. The van der Waals surface area contributed by atoms with E-state index < -0.39 is 32.5 Å². The summed E-state index contributed by atoms with van der Waals surface area (Å²) in [6, 6.07) is 28.9. The molecule has 2 saturated carbocycles. The first-order valence-corrected chi connectivity index (χ1v) is 26.0. The number of halogens is 7. The minimum absolute atomic E-state index is 0. The first-order chi connectivity index (χ1) is 32.6. The summed E-state index contributed by atoms with van der Waals surface area (Å²) in [4.78, 5) is 32.7. The Balaban J connectivity index is 0.000000916. The van der Waals surface area contributed by atoms with Gasteiger partial charge >= 0.3 is 43.2 Å². The Bertz CT molecular complexity index is 1660. The molecule has 16 heteroatoms. The standard InChI is InChI=1S/C21H19F3P.C12H17F3O2.C9H14O3.2C4H8O.C4H9.HI.Li/c22-21(23,24)16-17-25(18-10-4-1-5-11-18,19-12-6-2-7-13-19)20-14-8-3-9-15-20;1-17-11(16)10-6-4-9(5-7-10)3-2-8-12(13,14)15;1-12-9(11)8-4-2-7(6-10)3-5-8;2*1-2-4-5-3-1;1-3-4-2;;/h1-15H,16-17H2;2-3,9-10H,4-8H2,1H3;6-8H,2-5H2,1H3;2*1-4H2;1,3-4H2,2H3;1H;/q+1;;;;;-1;;+1/p-1. The fourth-order valence-electron chi connectivity index (χ4n) is 7.96. The van der Waals surface area contributed by atoms with Gasteiger partial charge in [0, 0.05) is 32.3 Å². The Kier molecular flexibility index (Phi) is 37.3. The number of hydrogen-bond acceptors (Lipinski definition) is 7. The summed E-state index contributed by atoms with van der Waals surface area (Å²) in [5, 5.41) is 2.95. The second kappa shape index (κ2) is 38.8. The van der Waals surface area contributed by atoms with Crippen LogP contribution in [0, 0.1) is 30.6 Å². The monoisotopic (exact) mass is 1110 g/mol. The molecule has 0 radical (unpaired) electrons. The Hall–Kier alpha value is -2.73. The predicted octanol–water partition coefficient (Wildman–Crippen LogP) is 6.79. The molecule has 3 aromatic rings. The molecule has 0 N–H and O–H groups in total. The van der Waals surface area contributed by atoms with Crippen molar-refractivity contribution in [3.05, 3.63) is 110 Å². The second-order valence-corrected chi connectivity index (χ2v) is 20.7. The average Bonchev–Trinajstić information content (AvgIpc) is 4.17. The molecule has 2 aliphatic heterocycles. The maximum Gasteiger partial charge on any atom is 1.00 e. The number of ether oxygens (including phenoxy) is 4. The van der Waals surface area contributed by atoms with Gasteiger partial charge < -0.3 is 54.6 Å². The van der Waals surface area contributed by atoms with E-state index in [9.17, 15) is 40.7 Å². The molecular formula is C54H75F6ILiO7P. The fourth-order valence-corrected chi connectivity index (χ4v) is 12.3. The third-order valence-corrected chi connectivity index (χ3v) is 16.3. The molecule has 2 saturated heterocycles. The van der Waals surface area contributed by atoms with E-state index >= 15 is 0 Å². The predicted molar refractivity (Wildman–Crippen MR) is 262 cm³/mol. The van der Waals surface area contributed by atoms with Crippen LogP contribution in [0.5, 0.6) is 0 Å². The first kappa shape index (κ1) is 67.3. The topological polar surface area (TPSA) is 88.1 Å². The van der Waals surface area contributed by atoms with Crippen LogP contribution < -0.4 is 58.8 Å². The van der Waals surface area contributed by atoms with Gasteiger partial charge in [0.1, 0.15) is 29.5 Å². The largest absolute Gasteiger partial charge is 1.00 e. The van der Waals surface area contributed by atoms with E-state index in [4.69, 9.17) is 9.47 Å². The van der Waals surface area contributed by atoms with Gasteiger partial charge in [-0.3, -0.25) is 9.59 Å². The molecule has 70 heavy (non-hydrogen) atoms. The van der Waals surface area contributed by atoms with Crippen molar-refractivity contribution in [3.63, 3.8) is 0 Å². The maximum absolute atomic E-state index is 13.2. The van der Waals surface area contributed by atoms with Gasteiger partial charge in [-0.2, -0.15) is 32.8 Å². The summed E-state index contributed by atoms with van der Waals surface area (Å²) in [5.41, 5.74) is 0. The van der Waals surface area contributed by atoms with Crippen LogP contribution >= 0.6 is 7.26 Å². The van der Waals surface area contributed by atoms with E-state index in [-0.39, 0.29) is 84.6 Å². The molecule has 0 unspecified atom stereocenters. The average molecular weight is 1110 g/mol. The Labute approximate surface area is 443 Å². The molecule has 388 valence electrons. The first-order valence-electron chi connectivity index (χ1n) is 24.0. The summed E-state index contributed by atoms with van der Waals surface area (Å²) >= 11 is 0. The molecule has 7 nitrogen and oxygen atoms in total. The van der Waals surface area contributed by atoms with Gasteiger partial charge in [0.15, 0.2) is 0 Å². The summed E-state index contributed by atoms with van der Waals surface area (Å²) < 4.78 is 94.4. The number of allylic oxidation sites excluding steroid dienone is 2. The number of carbonyl (C=O) groups is 3. The van der Waals surface area contributed by atoms with E-state index in [1.807, 2.05) is 91.0 Å². The number of unbranched alkanes of at least 4 members (excludes halogenated alkanes) is 1. The van der Waals surface area contributed by atoms with Gasteiger partial charge in [-0.1, -0.05) is 80.1 Å². The van der Waals surface area contributed by atoms with Crippen molar-refractivity contribution in [2.45, 2.75) is 122 Å². The molecule has 0 aromatic heterocycles. The normalized spacial score (nSPS) is 19.6. The third-order valence-electron chi connectivity index (χ3n) is 11.9. The number of benzene rings is 3. The zero-order valence-electron chi connectivity index (χ0n) is 41.7. The molecule has 4 fully saturated rings. The maximum atomic E-state index is 13.2. The third kappa shape index (κ3) is 27.9. The van der Waals surface area contributed by atoms with Gasteiger partial charge in [0.2, 0.25) is 0 Å². The molecule has 0 atom stereocenters. The van der Waals surface area contributed by atoms with Crippen molar-refractivity contribution in [1.82, 2.24) is 0 Å². The van der Waals surface area contributed by atoms with Gasteiger partial charge in [-0.25, -0.2) is 0 Å². The molecule has 0 amide bonds. The van der Waals surface area contributed by atoms with Gasteiger partial charge in [-0.15, -0.1) is 0 Å². The van der Waals surface area contributed by atoms with Crippen LogP contribution in [0.4, 0.5) is 26.3 Å². The number of methoxy groups -OCH3 is 2. The zero-order valence-corrected chi connectivity index (χ0v) is 44.8. The summed E-state index contributed by atoms with van der Waals surface area (Å²) in [7, 11) is 0.400. The summed E-state index contributed by atoms with van der Waals surface area (Å²) in [6.45, 7) is 9.72. The molecular weight excluding hydrogens is 1040 g/mol. The number of aldehydes is 1. The zero-order chi connectivity index (χ0) is 50.1. The smallest absolute Gasteiger partial charge is 1.00 e. The minimum atomic E-state index is -4.18. The van der Waals surface area contributed by atoms with Crippen LogP contribution in [0.15, 0.2) is 103 Å². The minimum Gasteiger partial charge on any atom is -1.00 e. The van der Waals surface area contributed by atoms with Crippen LogP contribution in [-0.4, -0.2) is 77.4 Å². The number of esters is 2. The molecule has 2 aliphatic carbocycles. The molecule has 2 heterocycles. The molecule has 4 aliphatic rings. The van der Waals surface area contributed by atoms with Crippen LogP contribution in [0.1, 0.15) is 110 Å². The number of rotatable bonds is 11. The van der Waals surface area contributed by atoms with Crippen molar-refractivity contribution in [3.8, 4) is 0 Å². The van der Waals surface area contributed by atoms with Crippen LogP contribution in [0.25, 0.3) is 0 Å². The van der Waals surface area contributed by atoms with Gasteiger partial charge in [0.05, 0.1) is 45.1 Å². The van der Waals surface area contributed by atoms with Crippen molar-refractivity contribution >= 4 is 41.4 Å².